The van der Waals surface area contributed by atoms with E-state index in [-0.39, 0.29) is 12.2 Å². The van der Waals surface area contributed by atoms with Crippen molar-refractivity contribution >= 4 is 38.4 Å². The van der Waals surface area contributed by atoms with E-state index in [0.29, 0.717) is 22.6 Å². The van der Waals surface area contributed by atoms with Crippen molar-refractivity contribution in [3.8, 4) is 5.75 Å². The largest absolute Gasteiger partial charge is 0.488 e. The lowest BCUT2D eigenvalue weighted by atomic mass is 10.1. The number of hydrogen-bond donors (Lipinski definition) is 1. The lowest BCUT2D eigenvalue weighted by Gasteiger charge is -2.12. The molecule has 2 aromatic heterocycles. The number of benzene rings is 1. The van der Waals surface area contributed by atoms with Crippen LogP contribution in [0.4, 0.5) is 0 Å². The number of ether oxygens (including phenoxy) is 1. The highest BCUT2D eigenvalue weighted by molar-refractivity contribution is 7.89. The number of carbonyl (C=O) groups excluding carboxylic acids is 1. The first-order chi connectivity index (χ1) is 15.6. The molecule has 0 fully saturated rings. The van der Waals surface area contributed by atoms with E-state index in [1.165, 1.54) is 12.3 Å². The zero-order valence-electron chi connectivity index (χ0n) is 20.2. The molecule has 0 unspecified atom stereocenters. The maximum Gasteiger partial charge on any atom is 0.252 e. The zero-order chi connectivity index (χ0) is 25.3. The summed E-state index contributed by atoms with van der Waals surface area (Å²) < 4.78 is 31.0. The second-order valence-electron chi connectivity index (χ2n) is 6.64. The van der Waals surface area contributed by atoms with Gasteiger partial charge < -0.3 is 10.5 Å². The third kappa shape index (κ3) is 6.32. The minimum absolute atomic E-state index is 0.0437. The summed E-state index contributed by atoms with van der Waals surface area (Å²) in [6, 6.07) is 5.15. The topological polar surface area (TPSA) is 104 Å². The van der Waals surface area contributed by atoms with Gasteiger partial charge in [0.2, 0.25) is 10.0 Å². The van der Waals surface area contributed by atoms with E-state index in [0.717, 1.165) is 26.6 Å². The van der Waals surface area contributed by atoms with Gasteiger partial charge >= 0.3 is 0 Å². The van der Waals surface area contributed by atoms with E-state index in [9.17, 15) is 13.2 Å². The van der Waals surface area contributed by atoms with Gasteiger partial charge in [0.1, 0.15) is 12.4 Å². The molecule has 3 rings (SSSR count). The number of hydrogen-bond acceptors (Lipinski definition) is 5. The Bertz CT molecular complexity index is 1260. The quantitative estimate of drug-likeness (QED) is 0.520. The van der Waals surface area contributed by atoms with Gasteiger partial charge in [0.25, 0.3) is 5.91 Å². The SMILES string of the molecule is C=Cc1c(C)c(C(=C)COc2cc3ccncc3cc2C(N)=O)cn1S(C)(=O)=O.CC.CC. The molecule has 0 aliphatic rings. The molecule has 2 heterocycles. The monoisotopic (exact) mass is 471 g/mol. The van der Waals surface area contributed by atoms with Gasteiger partial charge in [-0.3, -0.25) is 9.78 Å². The number of fused-ring (bicyclic) bond motifs is 1. The maximum absolute atomic E-state index is 12.0. The van der Waals surface area contributed by atoms with Gasteiger partial charge in [0.05, 0.1) is 17.5 Å². The average molecular weight is 472 g/mol. The van der Waals surface area contributed by atoms with Crippen molar-refractivity contribution in [1.82, 2.24) is 8.96 Å². The van der Waals surface area contributed by atoms with E-state index in [2.05, 4.69) is 18.1 Å². The molecule has 0 atom stereocenters. The minimum Gasteiger partial charge on any atom is -0.488 e. The van der Waals surface area contributed by atoms with Crippen LogP contribution in [0.2, 0.25) is 0 Å². The highest BCUT2D eigenvalue weighted by atomic mass is 32.2. The Hall–Kier alpha value is -3.39. The molecule has 0 aliphatic carbocycles. The molecule has 2 N–H and O–H groups in total. The number of amides is 1. The summed E-state index contributed by atoms with van der Waals surface area (Å²) in [4.78, 5) is 15.9. The molecule has 33 heavy (non-hydrogen) atoms. The fraction of sp³-hybridized carbons (Fsp3) is 0.280. The second kappa shape index (κ2) is 12.0. The first-order valence-corrected chi connectivity index (χ1v) is 12.5. The van der Waals surface area contributed by atoms with Gasteiger partial charge in [0, 0.05) is 29.5 Å². The molecular formula is C25H33N3O4S. The Labute approximate surface area is 196 Å². The Balaban J connectivity index is 0.00000129. The van der Waals surface area contributed by atoms with Crippen LogP contribution in [0.15, 0.2) is 49.9 Å². The summed E-state index contributed by atoms with van der Waals surface area (Å²) in [5.74, 6) is -0.300. The number of pyridine rings is 1. The average Bonchev–Trinajstić information content (AvgIpc) is 3.16. The molecule has 1 amide bonds. The molecule has 3 aromatic rings. The number of primary amides is 1. The first kappa shape index (κ1) is 27.6. The highest BCUT2D eigenvalue weighted by Crippen LogP contribution is 2.29. The Kier molecular flexibility index (Phi) is 10.1. The number of rotatable bonds is 7. The number of nitrogens with zero attached hydrogens (tertiary/aromatic N) is 2. The van der Waals surface area contributed by atoms with Gasteiger partial charge in [0.15, 0.2) is 0 Å². The van der Waals surface area contributed by atoms with Crippen LogP contribution in [-0.4, -0.2) is 36.1 Å². The molecule has 0 spiro atoms. The van der Waals surface area contributed by atoms with Crippen molar-refractivity contribution < 1.29 is 17.9 Å². The molecule has 0 saturated heterocycles. The normalized spacial score (nSPS) is 10.4. The third-order valence-electron chi connectivity index (χ3n) is 4.61. The number of nitrogens with two attached hydrogens (primary N) is 1. The molecule has 0 saturated carbocycles. The van der Waals surface area contributed by atoms with E-state index in [1.54, 1.807) is 37.5 Å². The first-order valence-electron chi connectivity index (χ1n) is 10.7. The molecule has 0 bridgehead atoms. The Morgan fingerprint density at radius 2 is 1.82 bits per heavy atom. The molecule has 0 aliphatic heterocycles. The lowest BCUT2D eigenvalue weighted by molar-refractivity contribution is 0.0997. The van der Waals surface area contributed by atoms with Crippen LogP contribution in [0.5, 0.6) is 5.75 Å². The van der Waals surface area contributed by atoms with E-state index in [1.807, 2.05) is 27.7 Å². The molecule has 1 aromatic carbocycles. The van der Waals surface area contributed by atoms with Crippen molar-refractivity contribution in [1.29, 1.82) is 0 Å². The molecular weight excluding hydrogens is 438 g/mol. The van der Waals surface area contributed by atoms with Crippen LogP contribution in [0.25, 0.3) is 22.4 Å². The zero-order valence-corrected chi connectivity index (χ0v) is 21.0. The van der Waals surface area contributed by atoms with Gasteiger partial charge in [-0.25, -0.2) is 12.4 Å². The van der Waals surface area contributed by atoms with Gasteiger partial charge in [-0.1, -0.05) is 40.9 Å². The van der Waals surface area contributed by atoms with Gasteiger partial charge in [-0.05, 0) is 47.7 Å². The highest BCUT2D eigenvalue weighted by Gasteiger charge is 2.19. The van der Waals surface area contributed by atoms with Crippen molar-refractivity contribution in [3.05, 3.63) is 72.3 Å². The van der Waals surface area contributed by atoms with E-state index in [4.69, 9.17) is 10.5 Å². The number of carbonyl (C=O) groups is 1. The predicted octanol–water partition coefficient (Wildman–Crippen LogP) is 5.04. The summed E-state index contributed by atoms with van der Waals surface area (Å²) in [7, 11) is -3.49. The van der Waals surface area contributed by atoms with E-state index >= 15 is 0 Å². The Morgan fingerprint density at radius 3 is 2.33 bits per heavy atom. The summed E-state index contributed by atoms with van der Waals surface area (Å²) in [5, 5.41) is 1.61. The molecule has 8 heteroatoms. The molecule has 0 radical (unpaired) electrons. The summed E-state index contributed by atoms with van der Waals surface area (Å²) in [5.41, 5.74) is 8.11. The fourth-order valence-electron chi connectivity index (χ4n) is 3.13. The Morgan fingerprint density at radius 1 is 1.18 bits per heavy atom. The smallest absolute Gasteiger partial charge is 0.252 e. The van der Waals surface area contributed by atoms with Gasteiger partial charge in [-0.2, -0.15) is 0 Å². The lowest BCUT2D eigenvalue weighted by Crippen LogP contribution is -2.14. The van der Waals surface area contributed by atoms with Crippen LogP contribution in [0.1, 0.15) is 54.9 Å². The predicted molar refractivity (Wildman–Crippen MR) is 137 cm³/mol. The standard InChI is InChI=1S/C21H21N3O4S.2C2H6/c1-5-19-14(3)18(11-24(19)29(4,26)27)13(2)12-28-20-9-15-6-7-23-10-16(15)8-17(20)21(22)25;2*1-2/h5-11H,1-2,12H2,3-4H3,(H2,22,25);2*1-2H3. The van der Waals surface area contributed by atoms with E-state index < -0.39 is 15.9 Å². The number of aromatic nitrogens is 2. The maximum atomic E-state index is 12.0. The minimum atomic E-state index is -3.49. The summed E-state index contributed by atoms with van der Waals surface area (Å²) in [6.45, 7) is 17.5. The summed E-state index contributed by atoms with van der Waals surface area (Å²) >= 11 is 0. The van der Waals surface area contributed by atoms with Crippen LogP contribution >= 0.6 is 0 Å². The molecule has 7 nitrogen and oxygen atoms in total. The van der Waals surface area contributed by atoms with Crippen molar-refractivity contribution in [3.63, 3.8) is 0 Å². The van der Waals surface area contributed by atoms with Crippen LogP contribution in [-0.2, 0) is 10.0 Å². The van der Waals surface area contributed by atoms with Crippen LogP contribution in [0.3, 0.4) is 0 Å². The van der Waals surface area contributed by atoms with Crippen molar-refractivity contribution in [2.24, 2.45) is 5.73 Å². The van der Waals surface area contributed by atoms with Crippen LogP contribution in [0, 0.1) is 6.92 Å². The van der Waals surface area contributed by atoms with Crippen LogP contribution < -0.4 is 10.5 Å². The summed E-state index contributed by atoms with van der Waals surface area (Å²) in [6.07, 6.45) is 7.37. The van der Waals surface area contributed by atoms with Crippen molar-refractivity contribution in [2.75, 3.05) is 12.9 Å². The third-order valence-corrected chi connectivity index (χ3v) is 5.63. The van der Waals surface area contributed by atoms with Crippen molar-refractivity contribution in [2.45, 2.75) is 34.6 Å². The second-order valence-corrected chi connectivity index (χ2v) is 8.50. The van der Waals surface area contributed by atoms with Gasteiger partial charge in [-0.15, -0.1) is 0 Å². The fourth-order valence-corrected chi connectivity index (χ4v) is 4.00. The molecule has 178 valence electrons.